The van der Waals surface area contributed by atoms with Crippen LogP contribution in [0.25, 0.3) is 22.0 Å². The van der Waals surface area contributed by atoms with Crippen LogP contribution in [-0.2, 0) is 26.2 Å². The highest BCUT2D eigenvalue weighted by Gasteiger charge is 2.39. The number of primary amides is 1. The van der Waals surface area contributed by atoms with E-state index in [4.69, 9.17) is 10.5 Å². The average molecular weight is 576 g/mol. The fourth-order valence-corrected chi connectivity index (χ4v) is 5.47. The molecule has 0 spiro atoms. The highest BCUT2D eigenvalue weighted by Crippen LogP contribution is 2.41. The molecule has 0 saturated carbocycles. The molecule has 0 aliphatic carbocycles. The van der Waals surface area contributed by atoms with E-state index in [1.54, 1.807) is 47.6 Å². The Kier molecular flexibility index (Phi) is 6.44. The summed E-state index contributed by atoms with van der Waals surface area (Å²) in [5, 5.41) is 4.17. The molecule has 0 radical (unpaired) electrons. The zero-order valence-electron chi connectivity index (χ0n) is 22.5. The third kappa shape index (κ3) is 4.62. The van der Waals surface area contributed by atoms with E-state index in [1.165, 1.54) is 37.5 Å². The molecule has 0 atom stereocenters. The predicted octanol–water partition coefficient (Wildman–Crippen LogP) is 4.21. The van der Waals surface area contributed by atoms with Gasteiger partial charge in [0.25, 0.3) is 11.8 Å². The van der Waals surface area contributed by atoms with Gasteiger partial charge >= 0.3 is 6.18 Å². The van der Waals surface area contributed by atoms with Gasteiger partial charge in [0, 0.05) is 61.4 Å². The van der Waals surface area contributed by atoms with Crippen molar-refractivity contribution in [3.63, 3.8) is 0 Å². The number of hydrogen-bond donors (Lipinski definition) is 1. The van der Waals surface area contributed by atoms with E-state index in [9.17, 15) is 22.8 Å². The van der Waals surface area contributed by atoms with Crippen molar-refractivity contribution in [2.24, 2.45) is 12.8 Å². The van der Waals surface area contributed by atoms with Crippen LogP contribution in [0, 0.1) is 0 Å². The van der Waals surface area contributed by atoms with Crippen LogP contribution >= 0.6 is 0 Å². The van der Waals surface area contributed by atoms with E-state index in [0.717, 1.165) is 4.68 Å². The van der Waals surface area contributed by atoms with Gasteiger partial charge in [0.05, 0.1) is 30.2 Å². The van der Waals surface area contributed by atoms with Crippen LogP contribution in [0.4, 0.5) is 18.9 Å². The van der Waals surface area contributed by atoms with Crippen LogP contribution in [0.15, 0.2) is 61.4 Å². The summed E-state index contributed by atoms with van der Waals surface area (Å²) in [4.78, 5) is 36.3. The number of anilines is 1. The van der Waals surface area contributed by atoms with Gasteiger partial charge in [-0.25, -0.2) is 4.98 Å². The van der Waals surface area contributed by atoms with Crippen LogP contribution in [0.5, 0.6) is 5.75 Å². The second-order valence-electron chi connectivity index (χ2n) is 9.94. The molecule has 13 heteroatoms. The zero-order valence-corrected chi connectivity index (χ0v) is 22.5. The maximum Gasteiger partial charge on any atom is 0.435 e. The van der Waals surface area contributed by atoms with Gasteiger partial charge in [-0.3, -0.25) is 19.3 Å². The first kappa shape index (κ1) is 27.0. The smallest absolute Gasteiger partial charge is 0.435 e. The summed E-state index contributed by atoms with van der Waals surface area (Å²) in [5.74, 6) is -0.750. The van der Waals surface area contributed by atoms with Gasteiger partial charge in [-0.05, 0) is 53.4 Å². The van der Waals surface area contributed by atoms with Gasteiger partial charge in [-0.1, -0.05) is 0 Å². The van der Waals surface area contributed by atoms with Gasteiger partial charge in [0.15, 0.2) is 5.69 Å². The van der Waals surface area contributed by atoms with Crippen molar-refractivity contribution in [2.75, 3.05) is 18.6 Å². The average Bonchev–Trinajstić information content (AvgIpc) is 3.61. The molecule has 0 saturated heterocycles. The number of rotatable bonds is 6. The Morgan fingerprint density at radius 2 is 1.90 bits per heavy atom. The van der Waals surface area contributed by atoms with Crippen LogP contribution in [0.1, 0.15) is 37.5 Å². The van der Waals surface area contributed by atoms with Crippen molar-refractivity contribution in [3.05, 3.63) is 89.4 Å². The van der Waals surface area contributed by atoms with E-state index >= 15 is 0 Å². The molecule has 6 rings (SSSR count). The number of ether oxygens (including phenoxy) is 1. The number of fused-ring (bicyclic) bond motifs is 2. The zero-order chi connectivity index (χ0) is 29.8. The first-order valence-corrected chi connectivity index (χ1v) is 12.9. The number of nitrogens with two attached hydrogens (primary N) is 1. The Labute approximate surface area is 237 Å². The number of carbonyl (C=O) groups excluding carboxylic acids is 2. The Bertz CT molecular complexity index is 1860. The molecule has 0 fully saturated rings. The van der Waals surface area contributed by atoms with E-state index in [-0.39, 0.29) is 36.2 Å². The molecule has 2 N–H and O–H groups in total. The molecule has 3 aromatic heterocycles. The third-order valence-corrected chi connectivity index (χ3v) is 7.27. The molecule has 214 valence electrons. The fourth-order valence-electron chi connectivity index (χ4n) is 5.47. The van der Waals surface area contributed by atoms with Crippen LogP contribution in [0.2, 0.25) is 0 Å². The van der Waals surface area contributed by atoms with Crippen LogP contribution < -0.4 is 15.4 Å². The van der Waals surface area contributed by atoms with E-state index in [2.05, 4.69) is 15.1 Å². The van der Waals surface area contributed by atoms with Crippen LogP contribution in [0.3, 0.4) is 0 Å². The molecular weight excluding hydrogens is 551 g/mol. The first-order valence-electron chi connectivity index (χ1n) is 12.9. The van der Waals surface area contributed by atoms with Gasteiger partial charge in [0.2, 0.25) is 0 Å². The number of hydrogen-bond acceptors (Lipinski definition) is 6. The molecule has 2 amide bonds. The first-order chi connectivity index (χ1) is 20.0. The minimum atomic E-state index is -4.69. The number of amides is 2. The lowest BCUT2D eigenvalue weighted by molar-refractivity contribution is -0.141. The molecular formula is C29H24F3N7O3. The lowest BCUT2D eigenvalue weighted by atomic mass is 9.87. The minimum Gasteiger partial charge on any atom is -0.497 e. The van der Waals surface area contributed by atoms with Gasteiger partial charge < -0.3 is 19.9 Å². The molecule has 1 aliphatic heterocycles. The Balaban J connectivity index is 1.53. The molecule has 42 heavy (non-hydrogen) atoms. The number of benzene rings is 2. The molecule has 0 unspecified atom stereocenters. The number of methoxy groups -OCH3 is 1. The second kappa shape index (κ2) is 10.0. The number of pyridine rings is 1. The summed E-state index contributed by atoms with van der Waals surface area (Å²) in [6, 6.07) is 8.18. The topological polar surface area (TPSA) is 121 Å². The SMILES string of the molecule is COc1cc(C(N)=O)c2nccc(N3CCc4c(cc(Cn5ccnc5)cc4-c4cn(C)nc4C(F)(F)F)C3=O)c2c1. The monoisotopic (exact) mass is 575 g/mol. The lowest BCUT2D eigenvalue weighted by Crippen LogP contribution is -2.38. The number of aryl methyl sites for hydroxylation is 1. The summed E-state index contributed by atoms with van der Waals surface area (Å²) in [6.07, 6.45) is 3.29. The largest absolute Gasteiger partial charge is 0.497 e. The van der Waals surface area contributed by atoms with Crippen molar-refractivity contribution in [1.82, 2.24) is 24.3 Å². The number of alkyl halides is 3. The highest BCUT2D eigenvalue weighted by molar-refractivity contribution is 6.15. The Morgan fingerprint density at radius 3 is 2.60 bits per heavy atom. The number of halogens is 3. The third-order valence-electron chi connectivity index (χ3n) is 7.27. The quantitative estimate of drug-likeness (QED) is 0.324. The molecule has 5 aromatic rings. The molecule has 4 heterocycles. The molecule has 10 nitrogen and oxygen atoms in total. The predicted molar refractivity (Wildman–Crippen MR) is 147 cm³/mol. The van der Waals surface area contributed by atoms with Crippen molar-refractivity contribution >= 4 is 28.4 Å². The summed E-state index contributed by atoms with van der Waals surface area (Å²) in [6.45, 7) is 0.454. The molecule has 1 aliphatic rings. The summed E-state index contributed by atoms with van der Waals surface area (Å²) in [5.41, 5.74) is 7.08. The van der Waals surface area contributed by atoms with Crippen LogP contribution in [-0.4, -0.2) is 49.8 Å². The minimum absolute atomic E-state index is 0.0971. The number of carbonyl (C=O) groups is 2. The Hall–Kier alpha value is -5.20. The van der Waals surface area contributed by atoms with Crippen molar-refractivity contribution in [1.29, 1.82) is 0 Å². The van der Waals surface area contributed by atoms with E-state index in [1.807, 2.05) is 0 Å². The summed E-state index contributed by atoms with van der Waals surface area (Å²) in [7, 11) is 2.87. The Morgan fingerprint density at radius 1 is 1.12 bits per heavy atom. The molecule has 0 bridgehead atoms. The van der Waals surface area contributed by atoms with E-state index in [0.29, 0.717) is 39.0 Å². The maximum absolute atomic E-state index is 14.2. The lowest BCUT2D eigenvalue weighted by Gasteiger charge is -2.31. The van der Waals surface area contributed by atoms with Crippen molar-refractivity contribution in [3.8, 4) is 16.9 Å². The molecule has 2 aromatic carbocycles. The highest BCUT2D eigenvalue weighted by atomic mass is 19.4. The van der Waals surface area contributed by atoms with Gasteiger partial charge in [-0.2, -0.15) is 18.3 Å². The van der Waals surface area contributed by atoms with Gasteiger partial charge in [-0.15, -0.1) is 0 Å². The fraction of sp³-hybridized carbons (Fsp3) is 0.207. The maximum atomic E-state index is 14.2. The summed E-state index contributed by atoms with van der Waals surface area (Å²) < 4.78 is 50.3. The van der Waals surface area contributed by atoms with E-state index < -0.39 is 23.7 Å². The second-order valence-corrected chi connectivity index (χ2v) is 9.94. The van der Waals surface area contributed by atoms with Gasteiger partial charge in [0.1, 0.15) is 5.75 Å². The summed E-state index contributed by atoms with van der Waals surface area (Å²) >= 11 is 0. The normalized spacial score (nSPS) is 13.5. The van der Waals surface area contributed by atoms with Crippen molar-refractivity contribution < 1.29 is 27.5 Å². The van der Waals surface area contributed by atoms with Crippen molar-refractivity contribution in [2.45, 2.75) is 19.1 Å². The standard InChI is InChI=1S/C29H24F3N7O3/c1-37-14-23(26(36-37)29(30,31)32)19-9-16(13-38-8-6-34-15-38)10-20-18(19)4-7-39(28(20)41)24-3-5-35-25-21(24)11-17(42-2)12-22(25)27(33)40/h3,5-6,8-12,14-15H,4,7,13H2,1-2H3,(H2,33,40). The number of imidazole rings is 1. The number of aromatic nitrogens is 5. The number of nitrogens with zero attached hydrogens (tertiary/aromatic N) is 6.